The van der Waals surface area contributed by atoms with E-state index in [1.54, 1.807) is 0 Å². The fourth-order valence-corrected chi connectivity index (χ4v) is 3.77. The highest BCUT2D eigenvalue weighted by Crippen LogP contribution is 2.30. The van der Waals surface area contributed by atoms with Crippen LogP contribution in [0, 0.1) is 5.92 Å². The lowest BCUT2D eigenvalue weighted by Gasteiger charge is -2.32. The van der Waals surface area contributed by atoms with Crippen LogP contribution in [-0.4, -0.2) is 50.1 Å². The number of piperidine rings is 1. The van der Waals surface area contributed by atoms with Gasteiger partial charge in [-0.05, 0) is 37.1 Å². The molecule has 1 aromatic carbocycles. The van der Waals surface area contributed by atoms with Crippen molar-refractivity contribution in [1.82, 2.24) is 8.61 Å². The van der Waals surface area contributed by atoms with Crippen molar-refractivity contribution in [3.63, 3.8) is 0 Å². The van der Waals surface area contributed by atoms with Crippen molar-refractivity contribution in [2.45, 2.75) is 19.0 Å². The van der Waals surface area contributed by atoms with E-state index in [9.17, 15) is 26.4 Å². The van der Waals surface area contributed by atoms with Gasteiger partial charge in [-0.25, -0.2) is 0 Å². The number of hydrogen-bond donors (Lipinski definition) is 1. The summed E-state index contributed by atoms with van der Waals surface area (Å²) in [7, 11) is -0.764. The Morgan fingerprint density at radius 3 is 2.36 bits per heavy atom. The first-order valence-electron chi connectivity index (χ1n) is 7.67. The molecule has 25 heavy (non-hydrogen) atoms. The van der Waals surface area contributed by atoms with Crippen molar-refractivity contribution >= 4 is 21.8 Å². The van der Waals surface area contributed by atoms with Gasteiger partial charge in [-0.2, -0.15) is 30.2 Å². The number of rotatable bonds is 4. The smallest absolute Gasteiger partial charge is 0.326 e. The average molecular weight is 379 g/mol. The first-order chi connectivity index (χ1) is 11.5. The van der Waals surface area contributed by atoms with E-state index in [1.165, 1.54) is 30.5 Å². The minimum absolute atomic E-state index is 0.0486. The maximum atomic E-state index is 12.5. The van der Waals surface area contributed by atoms with E-state index in [4.69, 9.17) is 0 Å². The zero-order valence-corrected chi connectivity index (χ0v) is 14.7. The molecular formula is C15H20F3N3O3S. The van der Waals surface area contributed by atoms with Gasteiger partial charge in [0.15, 0.2) is 0 Å². The van der Waals surface area contributed by atoms with E-state index in [0.29, 0.717) is 19.4 Å². The van der Waals surface area contributed by atoms with E-state index < -0.39 is 33.8 Å². The van der Waals surface area contributed by atoms with Crippen molar-refractivity contribution in [2.24, 2.45) is 5.92 Å². The van der Waals surface area contributed by atoms with Gasteiger partial charge in [0.05, 0.1) is 11.5 Å². The lowest BCUT2D eigenvalue weighted by molar-refractivity contribution is -0.137. The number of carbonyl (C=O) groups excluding carboxylic acids is 1. The van der Waals surface area contributed by atoms with Gasteiger partial charge in [-0.15, -0.1) is 0 Å². The second-order valence-electron chi connectivity index (χ2n) is 6.05. The molecule has 140 valence electrons. The molecule has 0 aromatic heterocycles. The van der Waals surface area contributed by atoms with Gasteiger partial charge in [-0.3, -0.25) is 4.79 Å². The first-order valence-corrected chi connectivity index (χ1v) is 9.07. The zero-order valence-electron chi connectivity index (χ0n) is 13.9. The van der Waals surface area contributed by atoms with Crippen LogP contribution in [0.2, 0.25) is 0 Å². The lowest BCUT2D eigenvalue weighted by Crippen LogP contribution is -2.47. The molecule has 10 heteroatoms. The summed E-state index contributed by atoms with van der Waals surface area (Å²) in [5, 5.41) is 2.55. The molecule has 1 heterocycles. The van der Waals surface area contributed by atoms with Gasteiger partial charge in [-0.1, -0.05) is 0 Å². The summed E-state index contributed by atoms with van der Waals surface area (Å²) >= 11 is 0. The third-order valence-corrected chi connectivity index (χ3v) is 5.93. The molecule has 0 spiro atoms. The quantitative estimate of drug-likeness (QED) is 0.872. The van der Waals surface area contributed by atoms with E-state index in [-0.39, 0.29) is 12.2 Å². The van der Waals surface area contributed by atoms with Gasteiger partial charge in [0.25, 0.3) is 10.2 Å². The molecule has 0 unspecified atom stereocenters. The number of halogens is 3. The third-order valence-electron chi connectivity index (χ3n) is 4.02. The standard InChI is InChI=1S/C15H20F3N3O3S/c1-20(2)25(23,24)21-9-3-4-11(10-21)14(22)19-13-7-5-12(6-8-13)15(16,17)18/h5-8,11H,3-4,9-10H2,1-2H3,(H,19,22)/t11-/m1/s1. The van der Waals surface area contributed by atoms with Crippen LogP contribution in [0.25, 0.3) is 0 Å². The Hall–Kier alpha value is -1.65. The highest BCUT2D eigenvalue weighted by molar-refractivity contribution is 7.86. The Morgan fingerprint density at radius 1 is 1.24 bits per heavy atom. The van der Waals surface area contributed by atoms with Crippen molar-refractivity contribution in [1.29, 1.82) is 0 Å². The molecule has 0 radical (unpaired) electrons. The van der Waals surface area contributed by atoms with Crippen molar-refractivity contribution in [3.8, 4) is 0 Å². The predicted octanol–water partition coefficient (Wildman–Crippen LogP) is 2.16. The SMILES string of the molecule is CN(C)S(=O)(=O)N1CCC[C@@H](C(=O)Nc2ccc(C(F)(F)F)cc2)C1. The Bertz CT molecular complexity index is 718. The van der Waals surface area contributed by atoms with Crippen LogP contribution >= 0.6 is 0 Å². The molecule has 6 nitrogen and oxygen atoms in total. The number of alkyl halides is 3. The van der Waals surface area contributed by atoms with Gasteiger partial charge >= 0.3 is 6.18 Å². The number of hydrogen-bond acceptors (Lipinski definition) is 3. The second-order valence-corrected chi connectivity index (χ2v) is 8.19. The topological polar surface area (TPSA) is 69.7 Å². The predicted molar refractivity (Wildman–Crippen MR) is 87.0 cm³/mol. The maximum absolute atomic E-state index is 12.5. The Morgan fingerprint density at radius 2 is 1.84 bits per heavy atom. The van der Waals surface area contributed by atoms with Crippen LogP contribution in [0.5, 0.6) is 0 Å². The number of nitrogens with one attached hydrogen (secondary N) is 1. The number of benzene rings is 1. The second kappa shape index (κ2) is 7.30. The summed E-state index contributed by atoms with van der Waals surface area (Å²) in [5.41, 5.74) is -0.558. The van der Waals surface area contributed by atoms with Crippen LogP contribution in [-0.2, 0) is 21.2 Å². The van der Waals surface area contributed by atoms with Crippen LogP contribution in [0.1, 0.15) is 18.4 Å². The molecule has 0 saturated carbocycles. The summed E-state index contributed by atoms with van der Waals surface area (Å²) in [6, 6.07) is 4.13. The third kappa shape index (κ3) is 4.71. The molecule has 1 atom stereocenters. The van der Waals surface area contributed by atoms with Crippen LogP contribution in [0.15, 0.2) is 24.3 Å². The van der Waals surface area contributed by atoms with Crippen molar-refractivity contribution < 1.29 is 26.4 Å². The summed E-state index contributed by atoms with van der Waals surface area (Å²) in [5.74, 6) is -0.954. The molecule has 1 aromatic rings. The van der Waals surface area contributed by atoms with E-state index in [1.807, 2.05) is 0 Å². The zero-order chi connectivity index (χ0) is 18.8. The normalized spacial score (nSPS) is 19.8. The van der Waals surface area contributed by atoms with Crippen LogP contribution < -0.4 is 5.32 Å². The molecule has 0 bridgehead atoms. The molecule has 0 aliphatic carbocycles. The molecule has 1 aliphatic heterocycles. The average Bonchev–Trinajstić information content (AvgIpc) is 2.54. The maximum Gasteiger partial charge on any atom is 0.416 e. The largest absolute Gasteiger partial charge is 0.416 e. The number of carbonyl (C=O) groups is 1. The summed E-state index contributed by atoms with van der Waals surface area (Å²) < 4.78 is 64.3. The van der Waals surface area contributed by atoms with Crippen LogP contribution in [0.4, 0.5) is 18.9 Å². The first kappa shape index (κ1) is 19.7. The minimum Gasteiger partial charge on any atom is -0.326 e. The summed E-state index contributed by atoms with van der Waals surface area (Å²) in [4.78, 5) is 12.3. The monoisotopic (exact) mass is 379 g/mol. The molecule has 1 amide bonds. The van der Waals surface area contributed by atoms with Gasteiger partial charge in [0.1, 0.15) is 0 Å². The Balaban J connectivity index is 2.03. The molecule has 1 saturated heterocycles. The van der Waals surface area contributed by atoms with E-state index in [0.717, 1.165) is 16.4 Å². The minimum atomic E-state index is -4.44. The van der Waals surface area contributed by atoms with Crippen molar-refractivity contribution in [2.75, 3.05) is 32.5 Å². The highest BCUT2D eigenvalue weighted by Gasteiger charge is 2.34. The lowest BCUT2D eigenvalue weighted by atomic mass is 9.98. The fraction of sp³-hybridized carbons (Fsp3) is 0.533. The summed E-state index contributed by atoms with van der Waals surface area (Å²) in [6.45, 7) is 0.386. The molecule has 1 aliphatic rings. The fourth-order valence-electron chi connectivity index (χ4n) is 2.58. The van der Waals surface area contributed by atoms with Gasteiger partial charge in [0.2, 0.25) is 5.91 Å². The van der Waals surface area contributed by atoms with E-state index in [2.05, 4.69) is 5.32 Å². The molecule has 1 fully saturated rings. The Kier molecular flexibility index (Phi) is 5.75. The highest BCUT2D eigenvalue weighted by atomic mass is 32.2. The molecule has 1 N–H and O–H groups in total. The molecular weight excluding hydrogens is 359 g/mol. The number of anilines is 1. The Labute approximate surface area is 144 Å². The summed E-state index contributed by atoms with van der Waals surface area (Å²) in [6.07, 6.45) is -3.38. The van der Waals surface area contributed by atoms with E-state index >= 15 is 0 Å². The number of nitrogens with zero attached hydrogens (tertiary/aromatic N) is 2. The molecule has 2 rings (SSSR count). The van der Waals surface area contributed by atoms with Crippen molar-refractivity contribution in [3.05, 3.63) is 29.8 Å². The number of amides is 1. The van der Waals surface area contributed by atoms with Crippen LogP contribution in [0.3, 0.4) is 0 Å². The van der Waals surface area contributed by atoms with Gasteiger partial charge in [0, 0.05) is 32.9 Å². The van der Waals surface area contributed by atoms with Gasteiger partial charge < -0.3 is 5.32 Å².